The van der Waals surface area contributed by atoms with Crippen LogP contribution in [0.2, 0.25) is 0 Å². The average molecular weight is 288 g/mol. The molecule has 2 bridgehead atoms. The molecule has 0 spiro atoms. The van der Waals surface area contributed by atoms with E-state index in [1.165, 1.54) is 25.7 Å². The summed E-state index contributed by atoms with van der Waals surface area (Å²) in [4.78, 5) is 26.8. The number of carbonyl (C=O) groups excluding carboxylic acids is 1. The highest BCUT2D eigenvalue weighted by molar-refractivity contribution is 5.76. The summed E-state index contributed by atoms with van der Waals surface area (Å²) in [6.07, 6.45) is 5.85. The van der Waals surface area contributed by atoms with E-state index >= 15 is 0 Å². The lowest BCUT2D eigenvalue weighted by Gasteiger charge is -2.21. The van der Waals surface area contributed by atoms with Gasteiger partial charge in [-0.25, -0.2) is 0 Å². The van der Waals surface area contributed by atoms with Gasteiger partial charge in [0.15, 0.2) is 0 Å². The second kappa shape index (κ2) is 5.66. The zero-order valence-electron chi connectivity index (χ0n) is 12.9. The van der Waals surface area contributed by atoms with Crippen molar-refractivity contribution in [2.45, 2.75) is 52.5 Å². The molecule has 114 valence electrons. The van der Waals surface area contributed by atoms with Crippen LogP contribution in [0, 0.1) is 31.6 Å². The van der Waals surface area contributed by atoms with Crippen LogP contribution in [0.3, 0.4) is 0 Å². The van der Waals surface area contributed by atoms with Crippen molar-refractivity contribution in [1.29, 1.82) is 0 Å². The van der Waals surface area contributed by atoms with E-state index < -0.39 is 0 Å². The van der Waals surface area contributed by atoms with Gasteiger partial charge < -0.3 is 10.3 Å². The van der Waals surface area contributed by atoms with Crippen molar-refractivity contribution in [3.8, 4) is 0 Å². The van der Waals surface area contributed by atoms with Gasteiger partial charge in [0, 0.05) is 24.2 Å². The first-order valence-electron chi connectivity index (χ1n) is 7.99. The van der Waals surface area contributed by atoms with Crippen molar-refractivity contribution in [1.82, 2.24) is 10.3 Å². The molecule has 21 heavy (non-hydrogen) atoms. The highest BCUT2D eigenvalue weighted by Crippen LogP contribution is 2.49. The van der Waals surface area contributed by atoms with Crippen LogP contribution in [0.4, 0.5) is 0 Å². The Balaban J connectivity index is 1.56. The standard InChI is InChI=1S/C17H24N2O2/c1-10-5-11(2)19-17(21)15(10)9-18-16(20)8-14-7-12-3-4-13(14)6-12/h5,12-14H,3-4,6-9H2,1-2H3,(H,18,20)(H,19,21)/t12-,13-,14-/m0/s1. The molecule has 4 heteroatoms. The Kier molecular flexibility index (Phi) is 3.87. The van der Waals surface area contributed by atoms with Crippen molar-refractivity contribution in [3.05, 3.63) is 33.2 Å². The normalized spacial score (nSPS) is 27.0. The maximum absolute atomic E-state index is 12.1. The third kappa shape index (κ3) is 3.04. The van der Waals surface area contributed by atoms with Crippen LogP contribution < -0.4 is 10.9 Å². The van der Waals surface area contributed by atoms with E-state index in [0.717, 1.165) is 23.1 Å². The summed E-state index contributed by atoms with van der Waals surface area (Å²) >= 11 is 0. The number of rotatable bonds is 4. The van der Waals surface area contributed by atoms with Crippen molar-refractivity contribution in [2.24, 2.45) is 17.8 Å². The maximum atomic E-state index is 12.1. The number of carbonyl (C=O) groups is 1. The molecule has 0 unspecified atom stereocenters. The van der Waals surface area contributed by atoms with E-state index in [1.54, 1.807) is 0 Å². The van der Waals surface area contributed by atoms with Gasteiger partial charge in [0.1, 0.15) is 0 Å². The lowest BCUT2D eigenvalue weighted by molar-refractivity contribution is -0.122. The molecule has 1 amide bonds. The molecular formula is C17H24N2O2. The van der Waals surface area contributed by atoms with Crippen LogP contribution in [0.5, 0.6) is 0 Å². The summed E-state index contributed by atoms with van der Waals surface area (Å²) in [5.74, 6) is 2.30. The number of fused-ring (bicyclic) bond motifs is 2. The quantitative estimate of drug-likeness (QED) is 0.894. The fraction of sp³-hybridized carbons (Fsp3) is 0.647. The minimum Gasteiger partial charge on any atom is -0.352 e. The minimum atomic E-state index is -0.0901. The topological polar surface area (TPSA) is 62.0 Å². The van der Waals surface area contributed by atoms with E-state index in [4.69, 9.17) is 0 Å². The molecule has 0 radical (unpaired) electrons. The SMILES string of the molecule is Cc1cc(C)c(CNC(=O)C[C@@H]2C[C@H]3CC[C@H]2C3)c(=O)[nH]1. The Hall–Kier alpha value is -1.58. The van der Waals surface area contributed by atoms with Crippen molar-refractivity contribution in [2.75, 3.05) is 0 Å². The molecule has 2 saturated carbocycles. The number of H-pyrrole nitrogens is 1. The number of aromatic nitrogens is 1. The molecule has 3 atom stereocenters. The number of nitrogens with one attached hydrogen (secondary N) is 2. The molecule has 1 heterocycles. The molecule has 0 aliphatic heterocycles. The number of amides is 1. The van der Waals surface area contributed by atoms with Gasteiger partial charge in [-0.3, -0.25) is 9.59 Å². The van der Waals surface area contributed by atoms with Gasteiger partial charge in [-0.2, -0.15) is 0 Å². The highest BCUT2D eigenvalue weighted by atomic mass is 16.1. The summed E-state index contributed by atoms with van der Waals surface area (Å²) in [6.45, 7) is 4.12. The van der Waals surface area contributed by atoms with E-state index in [9.17, 15) is 9.59 Å². The van der Waals surface area contributed by atoms with Crippen LogP contribution >= 0.6 is 0 Å². The molecule has 4 nitrogen and oxygen atoms in total. The van der Waals surface area contributed by atoms with Crippen LogP contribution in [-0.2, 0) is 11.3 Å². The fourth-order valence-electron chi connectivity index (χ4n) is 4.22. The van der Waals surface area contributed by atoms with E-state index in [1.807, 2.05) is 19.9 Å². The Morgan fingerprint density at radius 1 is 1.33 bits per heavy atom. The fourth-order valence-corrected chi connectivity index (χ4v) is 4.22. The van der Waals surface area contributed by atoms with Gasteiger partial charge in [0.05, 0.1) is 0 Å². The van der Waals surface area contributed by atoms with Crippen molar-refractivity contribution < 1.29 is 4.79 Å². The predicted molar refractivity (Wildman–Crippen MR) is 81.9 cm³/mol. The second-order valence-corrected chi connectivity index (χ2v) is 6.86. The van der Waals surface area contributed by atoms with Crippen molar-refractivity contribution >= 4 is 5.91 Å². The first kappa shape index (κ1) is 14.4. The Labute approximate surface area is 125 Å². The van der Waals surface area contributed by atoms with E-state index in [-0.39, 0.29) is 11.5 Å². The van der Waals surface area contributed by atoms with E-state index in [0.29, 0.717) is 24.4 Å². The summed E-state index contributed by atoms with van der Waals surface area (Å²) < 4.78 is 0. The molecule has 2 aliphatic carbocycles. The molecule has 1 aromatic rings. The van der Waals surface area contributed by atoms with E-state index in [2.05, 4.69) is 10.3 Å². The van der Waals surface area contributed by atoms with Crippen LogP contribution in [-0.4, -0.2) is 10.9 Å². The number of hydrogen-bond acceptors (Lipinski definition) is 2. The Morgan fingerprint density at radius 3 is 2.76 bits per heavy atom. The lowest BCUT2D eigenvalue weighted by atomic mass is 9.86. The minimum absolute atomic E-state index is 0.0897. The average Bonchev–Trinajstić information content (AvgIpc) is 2.99. The molecule has 0 aromatic carbocycles. The molecule has 2 fully saturated rings. The first-order valence-corrected chi connectivity index (χ1v) is 7.99. The molecule has 2 N–H and O–H groups in total. The largest absolute Gasteiger partial charge is 0.352 e. The maximum Gasteiger partial charge on any atom is 0.253 e. The summed E-state index contributed by atoms with van der Waals surface area (Å²) in [6, 6.07) is 1.94. The van der Waals surface area contributed by atoms with Gasteiger partial charge >= 0.3 is 0 Å². The number of pyridine rings is 1. The zero-order chi connectivity index (χ0) is 15.0. The smallest absolute Gasteiger partial charge is 0.253 e. The zero-order valence-corrected chi connectivity index (χ0v) is 12.9. The van der Waals surface area contributed by atoms with Crippen LogP contribution in [0.25, 0.3) is 0 Å². The summed E-state index contributed by atoms with van der Waals surface area (Å²) in [7, 11) is 0. The Morgan fingerprint density at radius 2 is 2.14 bits per heavy atom. The number of aromatic amines is 1. The first-order chi connectivity index (χ1) is 10.0. The molecule has 2 aliphatic rings. The van der Waals surface area contributed by atoms with Crippen LogP contribution in [0.1, 0.15) is 48.9 Å². The third-order valence-corrected chi connectivity index (χ3v) is 5.29. The highest BCUT2D eigenvalue weighted by Gasteiger charge is 2.40. The predicted octanol–water partition coefficient (Wildman–Crippen LogP) is 2.43. The van der Waals surface area contributed by atoms with Gasteiger partial charge in [-0.15, -0.1) is 0 Å². The number of aryl methyl sites for hydroxylation is 2. The molecule has 3 rings (SSSR count). The second-order valence-electron chi connectivity index (χ2n) is 6.86. The van der Waals surface area contributed by atoms with Gasteiger partial charge in [-0.1, -0.05) is 6.42 Å². The number of hydrogen-bond donors (Lipinski definition) is 2. The third-order valence-electron chi connectivity index (χ3n) is 5.29. The van der Waals surface area contributed by atoms with Crippen LogP contribution in [0.15, 0.2) is 10.9 Å². The lowest BCUT2D eigenvalue weighted by Crippen LogP contribution is -2.30. The van der Waals surface area contributed by atoms with Gasteiger partial charge in [0.2, 0.25) is 5.91 Å². The molecule has 1 aromatic heterocycles. The Bertz CT molecular complexity index is 605. The van der Waals surface area contributed by atoms with Crippen molar-refractivity contribution in [3.63, 3.8) is 0 Å². The van der Waals surface area contributed by atoms with Gasteiger partial charge in [0.25, 0.3) is 5.56 Å². The monoisotopic (exact) mass is 288 g/mol. The summed E-state index contributed by atoms with van der Waals surface area (Å²) in [5, 5.41) is 2.93. The van der Waals surface area contributed by atoms with Gasteiger partial charge in [-0.05, 0) is 62.5 Å². The molecular weight excluding hydrogens is 264 g/mol. The molecule has 0 saturated heterocycles. The summed E-state index contributed by atoms with van der Waals surface area (Å²) in [5.41, 5.74) is 2.38.